The fourth-order valence-electron chi connectivity index (χ4n) is 5.18. The molecule has 1 aromatic carbocycles. The summed E-state index contributed by atoms with van der Waals surface area (Å²) >= 11 is 0. The molecular formula is C25H32N4O2. The van der Waals surface area contributed by atoms with E-state index in [1.54, 1.807) is 0 Å². The number of aromatic nitrogens is 2. The average Bonchev–Trinajstić information content (AvgIpc) is 3.27. The number of fused-ring (bicyclic) bond motifs is 1. The molecule has 1 atom stereocenters. The molecule has 0 aliphatic carbocycles. The molecule has 3 aliphatic rings. The lowest BCUT2D eigenvalue weighted by molar-refractivity contribution is 0.0659. The van der Waals surface area contributed by atoms with Gasteiger partial charge in [0.05, 0.1) is 12.2 Å². The van der Waals surface area contributed by atoms with Crippen LogP contribution in [-0.2, 0) is 30.5 Å². The van der Waals surface area contributed by atoms with Gasteiger partial charge < -0.3 is 14.5 Å². The van der Waals surface area contributed by atoms with Crippen LogP contribution in [0.4, 0.5) is 4.79 Å². The van der Waals surface area contributed by atoms with Crippen LogP contribution < -0.4 is 0 Å². The maximum absolute atomic E-state index is 13.4. The molecule has 6 heteroatoms. The van der Waals surface area contributed by atoms with E-state index < -0.39 is 0 Å². The van der Waals surface area contributed by atoms with E-state index in [0.717, 1.165) is 82.8 Å². The van der Waals surface area contributed by atoms with Crippen LogP contribution >= 0.6 is 0 Å². The van der Waals surface area contributed by atoms with Crippen molar-refractivity contribution in [3.05, 3.63) is 59.2 Å². The molecule has 6 nitrogen and oxygen atoms in total. The number of hydrogen-bond donors (Lipinski definition) is 0. The summed E-state index contributed by atoms with van der Waals surface area (Å²) in [5, 5.41) is 0. The van der Waals surface area contributed by atoms with Crippen molar-refractivity contribution in [2.24, 2.45) is 5.92 Å². The van der Waals surface area contributed by atoms with Gasteiger partial charge in [-0.2, -0.15) is 0 Å². The molecule has 1 unspecified atom stereocenters. The van der Waals surface area contributed by atoms with Gasteiger partial charge in [0.1, 0.15) is 5.82 Å². The van der Waals surface area contributed by atoms with Gasteiger partial charge in [0, 0.05) is 45.0 Å². The second-order valence-electron chi connectivity index (χ2n) is 9.15. The van der Waals surface area contributed by atoms with Crippen LogP contribution in [-0.4, -0.2) is 58.1 Å². The van der Waals surface area contributed by atoms with Crippen molar-refractivity contribution >= 4 is 6.03 Å². The number of urea groups is 1. The standard InChI is InChI=1S/C25H32N4O2/c30-25(29-11-4-7-22(29)15-19-5-2-1-3-6-19)28-12-8-21-17-26-24(27-23(21)18-28)16-20-9-13-31-14-10-20/h1-3,5-6,17,20,22H,4,7-16,18H2. The summed E-state index contributed by atoms with van der Waals surface area (Å²) in [7, 11) is 0. The Kier molecular flexibility index (Phi) is 6.16. The molecule has 5 rings (SSSR count). The van der Waals surface area contributed by atoms with Crippen molar-refractivity contribution < 1.29 is 9.53 Å². The maximum Gasteiger partial charge on any atom is 0.320 e. The number of carbonyl (C=O) groups is 1. The normalized spacial score (nSPS) is 21.9. The second kappa shape index (κ2) is 9.35. The zero-order valence-electron chi connectivity index (χ0n) is 18.2. The van der Waals surface area contributed by atoms with E-state index in [1.165, 1.54) is 11.1 Å². The first-order chi connectivity index (χ1) is 15.3. The molecule has 0 spiro atoms. The Morgan fingerprint density at radius 1 is 1.06 bits per heavy atom. The number of carbonyl (C=O) groups excluding carboxylic acids is 1. The molecule has 0 saturated carbocycles. The van der Waals surface area contributed by atoms with Crippen molar-refractivity contribution in [1.82, 2.24) is 19.8 Å². The lowest BCUT2D eigenvalue weighted by Crippen LogP contribution is -2.48. The largest absolute Gasteiger partial charge is 0.381 e. The van der Waals surface area contributed by atoms with Crippen LogP contribution in [0.2, 0.25) is 0 Å². The van der Waals surface area contributed by atoms with Crippen LogP contribution in [0.1, 0.15) is 48.3 Å². The summed E-state index contributed by atoms with van der Waals surface area (Å²) in [6, 6.07) is 11.0. The van der Waals surface area contributed by atoms with Crippen molar-refractivity contribution in [3.63, 3.8) is 0 Å². The quantitative estimate of drug-likeness (QED) is 0.758. The van der Waals surface area contributed by atoms with Gasteiger partial charge in [-0.1, -0.05) is 30.3 Å². The fourth-order valence-corrected chi connectivity index (χ4v) is 5.18. The second-order valence-corrected chi connectivity index (χ2v) is 9.15. The number of rotatable bonds is 4. The van der Waals surface area contributed by atoms with Gasteiger partial charge in [-0.3, -0.25) is 0 Å². The Labute approximate surface area is 184 Å². The van der Waals surface area contributed by atoms with Gasteiger partial charge in [-0.15, -0.1) is 0 Å². The van der Waals surface area contributed by atoms with Crippen LogP contribution in [0.25, 0.3) is 0 Å². The molecule has 164 valence electrons. The average molecular weight is 421 g/mol. The Bertz CT molecular complexity index is 898. The highest BCUT2D eigenvalue weighted by Crippen LogP contribution is 2.26. The molecule has 2 fully saturated rings. The monoisotopic (exact) mass is 420 g/mol. The van der Waals surface area contributed by atoms with Gasteiger partial charge in [0.15, 0.2) is 0 Å². The number of amides is 2. The number of hydrogen-bond acceptors (Lipinski definition) is 4. The lowest BCUT2D eigenvalue weighted by Gasteiger charge is -2.34. The zero-order chi connectivity index (χ0) is 21.0. The summed E-state index contributed by atoms with van der Waals surface area (Å²) in [5.74, 6) is 1.53. The topological polar surface area (TPSA) is 58.6 Å². The van der Waals surface area contributed by atoms with Crippen LogP contribution in [0.3, 0.4) is 0 Å². The van der Waals surface area contributed by atoms with E-state index in [-0.39, 0.29) is 6.03 Å². The fraction of sp³-hybridized carbons (Fsp3) is 0.560. The van der Waals surface area contributed by atoms with Crippen molar-refractivity contribution in [2.75, 3.05) is 26.3 Å². The van der Waals surface area contributed by atoms with Crippen LogP contribution in [0.15, 0.2) is 36.5 Å². The Morgan fingerprint density at radius 2 is 1.90 bits per heavy atom. The Morgan fingerprint density at radius 3 is 2.74 bits per heavy atom. The van der Waals surface area contributed by atoms with E-state index in [2.05, 4.69) is 34.1 Å². The summed E-state index contributed by atoms with van der Waals surface area (Å²) < 4.78 is 5.47. The van der Waals surface area contributed by atoms with Gasteiger partial charge >= 0.3 is 6.03 Å². The highest BCUT2D eigenvalue weighted by Gasteiger charge is 2.33. The molecular weight excluding hydrogens is 388 g/mol. The molecule has 0 bridgehead atoms. The minimum absolute atomic E-state index is 0.175. The summed E-state index contributed by atoms with van der Waals surface area (Å²) in [6.45, 7) is 3.91. The van der Waals surface area contributed by atoms with E-state index in [9.17, 15) is 4.79 Å². The first kappa shape index (κ1) is 20.4. The van der Waals surface area contributed by atoms with Gasteiger partial charge in [-0.05, 0) is 55.6 Å². The number of likely N-dealkylation sites (tertiary alicyclic amines) is 1. The third-order valence-electron chi connectivity index (χ3n) is 7.02. The zero-order valence-corrected chi connectivity index (χ0v) is 18.2. The van der Waals surface area contributed by atoms with Gasteiger partial charge in [0.25, 0.3) is 0 Å². The Balaban J connectivity index is 1.24. The molecule has 3 aliphatic heterocycles. The highest BCUT2D eigenvalue weighted by molar-refractivity contribution is 5.75. The minimum Gasteiger partial charge on any atom is -0.381 e. The summed E-state index contributed by atoms with van der Waals surface area (Å²) in [4.78, 5) is 27.0. The van der Waals surface area contributed by atoms with Crippen LogP contribution in [0, 0.1) is 5.92 Å². The molecule has 2 aromatic rings. The molecule has 0 radical (unpaired) electrons. The third kappa shape index (κ3) is 4.74. The SMILES string of the molecule is O=C(N1CCc2cnc(CC3CCOCC3)nc2C1)N1CCCC1Cc1ccccc1. The molecule has 2 amide bonds. The molecule has 1 aromatic heterocycles. The van der Waals surface area contributed by atoms with E-state index in [1.807, 2.05) is 17.2 Å². The summed E-state index contributed by atoms with van der Waals surface area (Å²) in [5.41, 5.74) is 3.54. The molecule has 31 heavy (non-hydrogen) atoms. The minimum atomic E-state index is 0.175. The van der Waals surface area contributed by atoms with E-state index >= 15 is 0 Å². The van der Waals surface area contributed by atoms with E-state index in [0.29, 0.717) is 18.5 Å². The first-order valence-electron chi connectivity index (χ1n) is 11.8. The van der Waals surface area contributed by atoms with Gasteiger partial charge in [0.2, 0.25) is 0 Å². The van der Waals surface area contributed by atoms with Crippen LogP contribution in [0.5, 0.6) is 0 Å². The molecule has 0 N–H and O–H groups in total. The number of benzene rings is 1. The van der Waals surface area contributed by atoms with Gasteiger partial charge in [-0.25, -0.2) is 14.8 Å². The smallest absolute Gasteiger partial charge is 0.320 e. The predicted octanol–water partition coefficient (Wildman–Crippen LogP) is 3.63. The molecule has 4 heterocycles. The third-order valence-corrected chi connectivity index (χ3v) is 7.02. The lowest BCUT2D eigenvalue weighted by atomic mass is 9.96. The predicted molar refractivity (Wildman–Crippen MR) is 119 cm³/mol. The first-order valence-corrected chi connectivity index (χ1v) is 11.8. The van der Waals surface area contributed by atoms with E-state index in [4.69, 9.17) is 9.72 Å². The Hall–Kier alpha value is -2.47. The molecule has 2 saturated heterocycles. The summed E-state index contributed by atoms with van der Waals surface area (Å²) in [6.07, 6.45) is 9.03. The number of nitrogens with zero attached hydrogens (tertiary/aromatic N) is 4. The maximum atomic E-state index is 13.4. The highest BCUT2D eigenvalue weighted by atomic mass is 16.5. The van der Waals surface area contributed by atoms with Crippen molar-refractivity contribution in [3.8, 4) is 0 Å². The number of ether oxygens (including phenoxy) is 1. The van der Waals surface area contributed by atoms with Crippen molar-refractivity contribution in [2.45, 2.75) is 57.5 Å². The van der Waals surface area contributed by atoms with Crippen molar-refractivity contribution in [1.29, 1.82) is 0 Å².